The van der Waals surface area contributed by atoms with Gasteiger partial charge in [0.25, 0.3) is 0 Å². The van der Waals surface area contributed by atoms with Gasteiger partial charge in [-0.25, -0.2) is 0 Å². The van der Waals surface area contributed by atoms with E-state index < -0.39 is 39.0 Å². The first-order chi connectivity index (χ1) is 19.0. The zero-order valence-electron chi connectivity index (χ0n) is 31.2. The SMILES string of the molecule is CC1=C(C)C2C(C)C(C)C(C)C2C1C.CC1=C(C)C2C(C)C(C)C(C)C2C1C.CC1CCCC1.[CH3-].[CH3-].[CH3-].[Cl][Zr+2][Cl].[Cl][Zr]([Cl])[Cl]. The summed E-state index contributed by atoms with van der Waals surface area (Å²) in [7, 11) is 24.9. The molecule has 0 nitrogen and oxygen atoms in total. The maximum absolute atomic E-state index is 5.00. The molecule has 0 spiro atoms. The molecule has 12 unspecified atom stereocenters. The fourth-order valence-corrected chi connectivity index (χ4v) is 9.52. The molecule has 7 heteroatoms. The first kappa shape index (κ1) is 51.1. The summed E-state index contributed by atoms with van der Waals surface area (Å²) in [5.41, 5.74) is 6.80. The van der Waals surface area contributed by atoms with E-state index in [0.717, 1.165) is 76.9 Å². The summed E-state index contributed by atoms with van der Waals surface area (Å²) >= 11 is -2.95. The Labute approximate surface area is 315 Å². The van der Waals surface area contributed by atoms with Gasteiger partial charge in [-0.05, 0) is 105 Å². The molecule has 3 fully saturated rings. The van der Waals surface area contributed by atoms with Gasteiger partial charge < -0.3 is 22.3 Å². The van der Waals surface area contributed by atoms with Crippen LogP contribution in [-0.4, -0.2) is 0 Å². The van der Waals surface area contributed by atoms with Crippen LogP contribution in [0.4, 0.5) is 0 Å². The molecule has 0 aliphatic heterocycles. The van der Waals surface area contributed by atoms with E-state index in [0.29, 0.717) is 0 Å². The molecule has 0 amide bonds. The van der Waals surface area contributed by atoms with Crippen LogP contribution in [-0.2, 0) is 39.0 Å². The number of hydrogen-bond donors (Lipinski definition) is 0. The van der Waals surface area contributed by atoms with Crippen molar-refractivity contribution in [1.29, 1.82) is 0 Å². The Kier molecular flexibility index (Phi) is 27.8. The van der Waals surface area contributed by atoms with E-state index in [2.05, 4.69) is 90.0 Å². The van der Waals surface area contributed by atoms with E-state index in [9.17, 15) is 0 Å². The quantitative estimate of drug-likeness (QED) is 0.168. The molecule has 0 bridgehead atoms. The van der Waals surface area contributed by atoms with Gasteiger partial charge in [-0.1, -0.05) is 110 Å². The number of allylic oxidation sites excluding steroid dienone is 4. The topological polar surface area (TPSA) is 0 Å². The summed E-state index contributed by atoms with van der Waals surface area (Å²) in [5.74, 6) is 11.9. The molecule has 0 heterocycles. The minimum atomic E-state index is -2.13. The van der Waals surface area contributed by atoms with Crippen LogP contribution in [0, 0.1) is 99.2 Å². The third kappa shape index (κ3) is 12.8. The average molecular weight is 874 g/mol. The second-order valence-electron chi connectivity index (χ2n) is 14.3. The second kappa shape index (κ2) is 24.0. The van der Waals surface area contributed by atoms with E-state index in [1.807, 2.05) is 0 Å². The van der Waals surface area contributed by atoms with Crippen LogP contribution in [0.25, 0.3) is 0 Å². The van der Waals surface area contributed by atoms with Crippen LogP contribution < -0.4 is 0 Å². The van der Waals surface area contributed by atoms with Crippen molar-refractivity contribution >= 4 is 42.6 Å². The number of halogens is 5. The minimum absolute atomic E-state index is 0. The van der Waals surface area contributed by atoms with E-state index >= 15 is 0 Å². The molecule has 44 heavy (non-hydrogen) atoms. The van der Waals surface area contributed by atoms with Gasteiger partial charge in [0.2, 0.25) is 0 Å². The van der Waals surface area contributed by atoms with Crippen molar-refractivity contribution in [2.24, 2.45) is 76.9 Å². The van der Waals surface area contributed by atoms with Gasteiger partial charge in [-0.3, -0.25) is 0 Å². The molecule has 0 aromatic rings. The van der Waals surface area contributed by atoms with Gasteiger partial charge in [0, 0.05) is 0 Å². The van der Waals surface area contributed by atoms with E-state index in [1.165, 1.54) is 25.7 Å². The first-order valence-corrected chi connectivity index (χ1v) is 31.9. The molecule has 0 radical (unpaired) electrons. The molecule has 5 rings (SSSR count). The van der Waals surface area contributed by atoms with Crippen LogP contribution in [0.5, 0.6) is 0 Å². The van der Waals surface area contributed by atoms with E-state index in [1.54, 1.807) is 22.3 Å². The zero-order valence-corrected chi connectivity index (χ0v) is 39.9. The average Bonchev–Trinajstić information content (AvgIpc) is 3.64. The Morgan fingerprint density at radius 3 is 0.932 bits per heavy atom. The molecule has 5 aliphatic rings. The molecule has 0 aromatic carbocycles. The molecular formula is C37H69Cl5Zr2-. The summed E-state index contributed by atoms with van der Waals surface area (Å²) in [6.45, 7) is 31.4. The number of fused-ring (bicyclic) bond motifs is 2. The number of hydrogen-bond acceptors (Lipinski definition) is 0. The van der Waals surface area contributed by atoms with Crippen molar-refractivity contribution in [3.05, 3.63) is 44.6 Å². The van der Waals surface area contributed by atoms with E-state index in [-0.39, 0.29) is 22.3 Å². The van der Waals surface area contributed by atoms with E-state index in [4.69, 9.17) is 42.6 Å². The maximum atomic E-state index is 5.00. The Hall–Kier alpha value is 2.70. The fraction of sp³-hybridized carbons (Fsp3) is 0.811. The molecule has 0 N–H and O–H groups in total. The summed E-state index contributed by atoms with van der Waals surface area (Å²) < 4.78 is 0. The standard InChI is InChI=1S/2C14H24.C6H12.3CH3.5ClH.2Zr/c2*1-7-9(3)13-11(5)8(2)12(6)14(13)10(7)4;1-6-4-2-3-5-6;;;;;;;;;;/h2*7,9-11,13-14H,1-6H3;6H,2-5H2,1H3;3*1H3;5*1H;;/q;;;3*-1;;;;;;+3;+4/p-5. The van der Waals surface area contributed by atoms with Crippen LogP contribution in [0.3, 0.4) is 0 Å². The van der Waals surface area contributed by atoms with Crippen LogP contribution >= 0.6 is 42.6 Å². The third-order valence-electron chi connectivity index (χ3n) is 12.9. The Bertz CT molecular complexity index is 792. The van der Waals surface area contributed by atoms with Gasteiger partial charge in [0.15, 0.2) is 0 Å². The molecule has 12 atom stereocenters. The Morgan fingerprint density at radius 2 is 0.750 bits per heavy atom. The molecule has 0 aromatic heterocycles. The summed E-state index contributed by atoms with van der Waals surface area (Å²) in [5, 5.41) is 0. The molecule has 261 valence electrons. The molecule has 5 aliphatic carbocycles. The van der Waals surface area contributed by atoms with Crippen molar-refractivity contribution in [1.82, 2.24) is 0 Å². The third-order valence-corrected chi connectivity index (χ3v) is 12.9. The van der Waals surface area contributed by atoms with Crippen molar-refractivity contribution in [3.63, 3.8) is 0 Å². The van der Waals surface area contributed by atoms with Crippen molar-refractivity contribution in [2.45, 2.75) is 116 Å². The van der Waals surface area contributed by atoms with Crippen molar-refractivity contribution in [3.8, 4) is 0 Å². The van der Waals surface area contributed by atoms with Gasteiger partial charge in [0.1, 0.15) is 0 Å². The van der Waals surface area contributed by atoms with Crippen LogP contribution in [0.15, 0.2) is 22.3 Å². The predicted molar refractivity (Wildman–Crippen MR) is 200 cm³/mol. The predicted octanol–water partition coefficient (Wildman–Crippen LogP) is 15.2. The second-order valence-corrected chi connectivity index (χ2v) is 29.3. The van der Waals surface area contributed by atoms with Crippen molar-refractivity contribution in [2.75, 3.05) is 0 Å². The van der Waals surface area contributed by atoms with Gasteiger partial charge in [0.05, 0.1) is 0 Å². The van der Waals surface area contributed by atoms with Gasteiger partial charge in [-0.2, -0.15) is 0 Å². The summed E-state index contributed by atoms with van der Waals surface area (Å²) in [6.07, 6.45) is 5.95. The zero-order chi connectivity index (χ0) is 31.9. The normalized spacial score (nSPS) is 37.9. The monoisotopic (exact) mass is 868 g/mol. The molecule has 3 saturated carbocycles. The van der Waals surface area contributed by atoms with Gasteiger partial charge >= 0.3 is 81.6 Å². The first-order valence-electron chi connectivity index (χ1n) is 16.1. The van der Waals surface area contributed by atoms with Crippen LogP contribution in [0.2, 0.25) is 0 Å². The number of rotatable bonds is 0. The fourth-order valence-electron chi connectivity index (χ4n) is 9.52. The van der Waals surface area contributed by atoms with Gasteiger partial charge in [-0.15, -0.1) is 0 Å². The molecular weight excluding hydrogens is 804 g/mol. The van der Waals surface area contributed by atoms with Crippen molar-refractivity contribution < 1.29 is 39.0 Å². The Balaban J connectivity index is -0.000000525. The summed E-state index contributed by atoms with van der Waals surface area (Å²) in [4.78, 5) is 0. The van der Waals surface area contributed by atoms with Crippen LogP contribution in [0.1, 0.15) is 116 Å². The summed E-state index contributed by atoms with van der Waals surface area (Å²) in [6, 6.07) is 0. The Morgan fingerprint density at radius 1 is 0.500 bits per heavy atom. The molecule has 0 saturated heterocycles.